The first-order chi connectivity index (χ1) is 29.5. The van der Waals surface area contributed by atoms with Crippen LogP contribution in [0.4, 0.5) is 9.59 Å². The summed E-state index contributed by atoms with van der Waals surface area (Å²) in [5, 5.41) is 33.7. The topological polar surface area (TPSA) is 228 Å². The summed E-state index contributed by atoms with van der Waals surface area (Å²) >= 11 is 0. The van der Waals surface area contributed by atoms with Crippen molar-refractivity contribution in [1.29, 1.82) is 0 Å². The number of aromatic nitrogens is 3. The van der Waals surface area contributed by atoms with E-state index in [1.807, 2.05) is 0 Å². The minimum absolute atomic E-state index is 0.00449. The van der Waals surface area contributed by atoms with E-state index in [0.29, 0.717) is 12.3 Å². The Morgan fingerprint density at radius 3 is 1.40 bits per heavy atom. The largest absolute Gasteiger partial charge is 0.462 e. The van der Waals surface area contributed by atoms with Crippen molar-refractivity contribution in [2.24, 2.45) is 0 Å². The molecule has 2 unspecified atom stereocenters. The maximum absolute atomic E-state index is 12.0. The first-order valence-corrected chi connectivity index (χ1v) is 22.7. The molecule has 18 nitrogen and oxygen atoms in total. The van der Waals surface area contributed by atoms with Gasteiger partial charge in [-0.3, -0.25) is 9.59 Å². The van der Waals surface area contributed by atoms with Crippen LogP contribution in [0.3, 0.4) is 0 Å². The smallest absolute Gasteiger partial charge is 0.408 e. The number of nitrogens with one attached hydrogen (secondary N) is 2. The highest BCUT2D eigenvalue weighted by molar-refractivity contribution is 5.78. The minimum atomic E-state index is -1.17. The Morgan fingerprint density at radius 1 is 0.597 bits per heavy atom. The summed E-state index contributed by atoms with van der Waals surface area (Å²) in [5.74, 6) is -1.53. The Morgan fingerprint density at radius 2 is 1.00 bits per heavy atom. The fraction of sp³-hybridized carbons (Fsp3) is 0.864. The molecule has 1 rings (SSSR count). The molecule has 1 heterocycles. The van der Waals surface area contributed by atoms with E-state index in [9.17, 15) is 29.4 Å². The van der Waals surface area contributed by atoms with Gasteiger partial charge in [0, 0.05) is 6.61 Å². The van der Waals surface area contributed by atoms with Crippen LogP contribution < -0.4 is 10.6 Å². The van der Waals surface area contributed by atoms with Gasteiger partial charge in [-0.25, -0.2) is 14.3 Å². The van der Waals surface area contributed by atoms with Gasteiger partial charge in [-0.2, -0.15) is 0 Å². The lowest BCUT2D eigenvalue weighted by atomic mass is 10.0. The third-order valence-corrected chi connectivity index (χ3v) is 8.99. The first-order valence-electron chi connectivity index (χ1n) is 22.7. The van der Waals surface area contributed by atoms with Crippen LogP contribution in [0.2, 0.25) is 0 Å². The summed E-state index contributed by atoms with van der Waals surface area (Å²) in [4.78, 5) is 47.6. The average Bonchev–Trinajstić information content (AvgIpc) is 3.67. The third-order valence-electron chi connectivity index (χ3n) is 8.99. The number of esters is 2. The quantitative estimate of drug-likeness (QED) is 0.0321. The fourth-order valence-electron chi connectivity index (χ4n) is 5.86. The lowest BCUT2D eigenvalue weighted by molar-refractivity contribution is -0.147. The second-order valence-corrected chi connectivity index (χ2v) is 17.7. The molecule has 2 atom stereocenters. The molecule has 0 saturated heterocycles. The number of rotatable bonds is 36. The second-order valence-electron chi connectivity index (χ2n) is 17.7. The van der Waals surface area contributed by atoms with Crippen LogP contribution in [-0.2, 0) is 49.4 Å². The van der Waals surface area contributed by atoms with Crippen molar-refractivity contribution in [3.05, 3.63) is 11.9 Å². The molecule has 0 bridgehead atoms. The number of amides is 2. The summed E-state index contributed by atoms with van der Waals surface area (Å²) < 4.78 is 39.0. The molecule has 18 heteroatoms. The van der Waals surface area contributed by atoms with E-state index in [4.69, 9.17) is 33.2 Å². The summed E-state index contributed by atoms with van der Waals surface area (Å²) in [6.45, 7) is 11.3. The highest BCUT2D eigenvalue weighted by atomic mass is 16.6. The van der Waals surface area contributed by atoms with Crippen LogP contribution in [0.1, 0.15) is 163 Å². The fourth-order valence-corrected chi connectivity index (χ4v) is 5.86. The van der Waals surface area contributed by atoms with E-state index in [-0.39, 0.29) is 46.2 Å². The number of nitrogens with zero attached hydrogens (tertiary/aromatic N) is 3. The Balaban J connectivity index is 2.48. The van der Waals surface area contributed by atoms with Gasteiger partial charge >= 0.3 is 24.1 Å². The molecular weight excluding hydrogens is 807 g/mol. The van der Waals surface area contributed by atoms with Crippen LogP contribution in [0.15, 0.2) is 6.20 Å². The van der Waals surface area contributed by atoms with Gasteiger partial charge in [0.15, 0.2) is 0 Å². The number of hydrogen-bond donors (Lipinski definition) is 4. The molecule has 0 fully saturated rings. The predicted octanol–water partition coefficient (Wildman–Crippen LogP) is 6.49. The Kier molecular flexibility index (Phi) is 30.9. The van der Waals surface area contributed by atoms with Crippen LogP contribution in [0.25, 0.3) is 0 Å². The molecule has 2 amide bonds. The van der Waals surface area contributed by atoms with Gasteiger partial charge < -0.3 is 54.0 Å². The highest BCUT2D eigenvalue weighted by Gasteiger charge is 2.21. The molecule has 360 valence electrons. The van der Waals surface area contributed by atoms with Crippen molar-refractivity contribution in [1.82, 2.24) is 25.6 Å². The zero-order valence-electron chi connectivity index (χ0n) is 38.9. The molecule has 4 N–H and O–H groups in total. The van der Waals surface area contributed by atoms with Gasteiger partial charge in [-0.1, -0.05) is 108 Å². The van der Waals surface area contributed by atoms with Crippen LogP contribution in [-0.4, -0.2) is 132 Å². The standard InChI is InChI=1S/C44H81N5O13/c1-8-9-10-11-12-13-14-15-16-17-18-19-20-21-22-23-24-56-28-35-27-49(48-47-35)36(29-57-31-37(50)33-59-39(52)25-45-41(54)61-43(2,3)4)30-58-32-38(51)34-60-40(53)26-46-42(55)62-44(5,6)7/h27,36-38,50-51H,8-26,28-34H2,1-7H3,(H,45,54)(H,46,55). The third kappa shape index (κ3) is 34.0. The molecule has 0 aliphatic heterocycles. The van der Waals surface area contributed by atoms with Crippen LogP contribution in [0.5, 0.6) is 0 Å². The molecule has 0 aliphatic carbocycles. The summed E-state index contributed by atoms with van der Waals surface area (Å²) in [6.07, 6.45) is 18.7. The van der Waals surface area contributed by atoms with E-state index in [1.54, 1.807) is 47.7 Å². The van der Waals surface area contributed by atoms with E-state index in [1.165, 1.54) is 94.6 Å². The van der Waals surface area contributed by atoms with Gasteiger partial charge in [0.2, 0.25) is 0 Å². The molecule has 0 aliphatic rings. The molecule has 62 heavy (non-hydrogen) atoms. The van der Waals surface area contributed by atoms with Gasteiger partial charge in [0.05, 0.1) is 39.2 Å². The lowest BCUT2D eigenvalue weighted by Crippen LogP contribution is -2.37. The maximum atomic E-state index is 12.0. The van der Waals surface area contributed by atoms with Crippen molar-refractivity contribution in [2.45, 2.75) is 187 Å². The molecule has 0 radical (unpaired) electrons. The SMILES string of the molecule is CCCCCCCCCCCCCCCCCCOCc1cn(C(COCC(O)COC(=O)CNC(=O)OC(C)(C)C)COCC(O)COC(=O)CNC(=O)OC(C)(C)C)nn1. The monoisotopic (exact) mass is 888 g/mol. The van der Waals surface area contributed by atoms with E-state index < -0.39 is 66.7 Å². The normalized spacial score (nSPS) is 13.2. The van der Waals surface area contributed by atoms with Crippen molar-refractivity contribution in [3.8, 4) is 0 Å². The first kappa shape index (κ1) is 56.4. The molecule has 1 aromatic heterocycles. The van der Waals surface area contributed by atoms with Crippen molar-refractivity contribution >= 4 is 24.1 Å². The number of carbonyl (C=O) groups is 4. The predicted molar refractivity (Wildman–Crippen MR) is 232 cm³/mol. The number of hydrogen-bond acceptors (Lipinski definition) is 15. The van der Waals surface area contributed by atoms with Crippen molar-refractivity contribution < 1.29 is 62.5 Å². The van der Waals surface area contributed by atoms with Crippen molar-refractivity contribution in [3.63, 3.8) is 0 Å². The number of aliphatic hydroxyl groups is 2. The van der Waals surface area contributed by atoms with E-state index in [2.05, 4.69) is 27.9 Å². The Labute approximate surface area is 370 Å². The zero-order chi connectivity index (χ0) is 46.1. The Hall–Kier alpha value is -3.58. The summed E-state index contributed by atoms with van der Waals surface area (Å²) in [7, 11) is 0. The summed E-state index contributed by atoms with van der Waals surface area (Å²) in [5.41, 5.74) is -0.852. The number of alkyl carbamates (subject to hydrolysis) is 2. The summed E-state index contributed by atoms with van der Waals surface area (Å²) in [6, 6.07) is -0.558. The highest BCUT2D eigenvalue weighted by Crippen LogP contribution is 2.15. The van der Waals surface area contributed by atoms with Gasteiger partial charge in [-0.05, 0) is 48.0 Å². The van der Waals surface area contributed by atoms with Gasteiger partial charge in [0.1, 0.15) is 61.4 Å². The zero-order valence-corrected chi connectivity index (χ0v) is 38.9. The maximum Gasteiger partial charge on any atom is 0.408 e. The van der Waals surface area contributed by atoms with Gasteiger partial charge in [-0.15, -0.1) is 5.10 Å². The number of carbonyl (C=O) groups excluding carboxylic acids is 4. The average molecular weight is 888 g/mol. The molecule has 0 spiro atoms. The lowest BCUT2D eigenvalue weighted by Gasteiger charge is -2.20. The number of aliphatic hydroxyl groups excluding tert-OH is 2. The molecule has 1 aromatic rings. The van der Waals surface area contributed by atoms with E-state index in [0.717, 1.165) is 12.8 Å². The van der Waals surface area contributed by atoms with E-state index >= 15 is 0 Å². The molecule has 0 saturated carbocycles. The van der Waals surface area contributed by atoms with Gasteiger partial charge in [0.25, 0.3) is 0 Å². The van der Waals surface area contributed by atoms with Crippen LogP contribution >= 0.6 is 0 Å². The molecule has 0 aromatic carbocycles. The van der Waals surface area contributed by atoms with Crippen LogP contribution in [0, 0.1) is 0 Å². The number of ether oxygens (including phenoxy) is 7. The molecular formula is C44H81N5O13. The number of unbranched alkanes of at least 4 members (excludes halogenated alkanes) is 15. The Bertz CT molecular complexity index is 1270. The van der Waals surface area contributed by atoms with Crippen molar-refractivity contribution in [2.75, 3.05) is 59.3 Å². The second kappa shape index (κ2) is 33.9. The minimum Gasteiger partial charge on any atom is -0.462 e.